The minimum absolute atomic E-state index is 0.0423. The van der Waals surface area contributed by atoms with Gasteiger partial charge in [-0.05, 0) is 20.0 Å². The van der Waals surface area contributed by atoms with Gasteiger partial charge in [0.1, 0.15) is 0 Å². The van der Waals surface area contributed by atoms with Gasteiger partial charge in [-0.2, -0.15) is 0 Å². The number of carbonyl (C=O) groups excluding carboxylic acids is 1. The fourth-order valence-corrected chi connectivity index (χ4v) is 1.24. The fourth-order valence-electron chi connectivity index (χ4n) is 0.848. The van der Waals surface area contributed by atoms with Gasteiger partial charge in [-0.1, -0.05) is 0 Å². The second-order valence-corrected chi connectivity index (χ2v) is 4.39. The Morgan fingerprint density at radius 3 is 2.62 bits per heavy atom. The highest BCUT2D eigenvalue weighted by Gasteiger charge is 1.99. The van der Waals surface area contributed by atoms with Gasteiger partial charge in [0.25, 0.3) is 0 Å². The van der Waals surface area contributed by atoms with E-state index < -0.39 is 10.8 Å². The highest BCUT2D eigenvalue weighted by Crippen LogP contribution is 1.86. The highest BCUT2D eigenvalue weighted by molar-refractivity contribution is 7.84. The van der Waals surface area contributed by atoms with Crippen LogP contribution in [-0.2, 0) is 15.6 Å². The predicted molar refractivity (Wildman–Crippen MR) is 55.1 cm³/mol. The number of rotatable bonds is 7. The Morgan fingerprint density at radius 2 is 2.08 bits per heavy atom. The van der Waals surface area contributed by atoms with E-state index >= 15 is 0 Å². The predicted octanol–water partition coefficient (Wildman–Crippen LogP) is -0.519. The van der Waals surface area contributed by atoms with Gasteiger partial charge in [-0.25, -0.2) is 0 Å². The van der Waals surface area contributed by atoms with Crippen molar-refractivity contribution >= 4 is 16.7 Å². The van der Waals surface area contributed by atoms with Crippen LogP contribution in [0.2, 0.25) is 0 Å². The molecule has 0 aromatic rings. The molecule has 1 atom stereocenters. The maximum atomic E-state index is 11.1. The Kier molecular flexibility index (Phi) is 7.93. The molecule has 0 fully saturated rings. The summed E-state index contributed by atoms with van der Waals surface area (Å²) in [6, 6.07) is 0. The lowest BCUT2D eigenvalue weighted by atomic mass is 10.3. The lowest BCUT2D eigenvalue weighted by Gasteiger charge is -2.03. The first kappa shape index (κ1) is 12.6. The zero-order chi connectivity index (χ0) is 10.1. The number of amides is 1. The lowest BCUT2D eigenvalue weighted by molar-refractivity contribution is -0.121. The van der Waals surface area contributed by atoms with Crippen LogP contribution in [0.15, 0.2) is 0 Å². The molecular formula is C8H18N2O2S. The molecule has 1 amide bonds. The quantitative estimate of drug-likeness (QED) is 0.551. The van der Waals surface area contributed by atoms with Crippen molar-refractivity contribution in [3.63, 3.8) is 0 Å². The van der Waals surface area contributed by atoms with E-state index in [1.807, 2.05) is 7.05 Å². The SMILES string of the molecule is CNCCCC(=O)NCCS(C)=O. The largest absolute Gasteiger partial charge is 0.355 e. The fraction of sp³-hybridized carbons (Fsp3) is 0.875. The average Bonchev–Trinajstić information content (AvgIpc) is 2.04. The summed E-state index contributed by atoms with van der Waals surface area (Å²) in [5.74, 6) is 0.582. The first-order valence-electron chi connectivity index (χ1n) is 4.38. The summed E-state index contributed by atoms with van der Waals surface area (Å²) in [6.07, 6.45) is 3.02. The molecule has 0 aliphatic heterocycles. The van der Waals surface area contributed by atoms with Crippen molar-refractivity contribution < 1.29 is 9.00 Å². The summed E-state index contributed by atoms with van der Waals surface area (Å²) >= 11 is 0. The third-order valence-corrected chi connectivity index (χ3v) is 2.32. The van der Waals surface area contributed by atoms with Gasteiger partial charge in [0.2, 0.25) is 5.91 Å². The first-order chi connectivity index (χ1) is 6.16. The summed E-state index contributed by atoms with van der Waals surface area (Å²) < 4.78 is 10.6. The Balaban J connectivity index is 3.25. The summed E-state index contributed by atoms with van der Waals surface area (Å²) in [4.78, 5) is 11.1. The van der Waals surface area contributed by atoms with Crippen LogP contribution in [0, 0.1) is 0 Å². The van der Waals surface area contributed by atoms with Crippen LogP contribution in [0.25, 0.3) is 0 Å². The van der Waals surface area contributed by atoms with E-state index in [0.29, 0.717) is 18.7 Å². The number of nitrogens with one attached hydrogen (secondary N) is 2. The molecule has 0 aliphatic rings. The molecule has 0 spiro atoms. The van der Waals surface area contributed by atoms with Crippen LogP contribution in [0.1, 0.15) is 12.8 Å². The number of carbonyl (C=O) groups is 1. The lowest BCUT2D eigenvalue weighted by Crippen LogP contribution is -2.27. The van der Waals surface area contributed by atoms with Crippen molar-refractivity contribution in [1.82, 2.24) is 10.6 Å². The summed E-state index contributed by atoms with van der Waals surface area (Å²) in [6.45, 7) is 1.37. The molecule has 0 saturated carbocycles. The third-order valence-electron chi connectivity index (χ3n) is 1.54. The van der Waals surface area contributed by atoms with Crippen molar-refractivity contribution in [3.8, 4) is 0 Å². The van der Waals surface area contributed by atoms with Crippen molar-refractivity contribution in [2.24, 2.45) is 0 Å². The molecule has 1 unspecified atom stereocenters. The molecule has 0 aromatic carbocycles. The molecule has 0 aromatic heterocycles. The second kappa shape index (κ2) is 8.19. The van der Waals surface area contributed by atoms with E-state index in [4.69, 9.17) is 0 Å². The molecule has 5 heteroatoms. The smallest absolute Gasteiger partial charge is 0.220 e. The van der Waals surface area contributed by atoms with Gasteiger partial charge in [0, 0.05) is 35.8 Å². The van der Waals surface area contributed by atoms with Crippen LogP contribution in [0.4, 0.5) is 0 Å². The van der Waals surface area contributed by atoms with Crippen LogP contribution >= 0.6 is 0 Å². The molecule has 4 nitrogen and oxygen atoms in total. The van der Waals surface area contributed by atoms with E-state index in [-0.39, 0.29) is 5.91 Å². The zero-order valence-electron chi connectivity index (χ0n) is 8.26. The monoisotopic (exact) mass is 206 g/mol. The minimum atomic E-state index is -0.816. The van der Waals surface area contributed by atoms with Crippen molar-refractivity contribution in [3.05, 3.63) is 0 Å². The average molecular weight is 206 g/mol. The van der Waals surface area contributed by atoms with E-state index in [0.717, 1.165) is 13.0 Å². The number of hydrogen-bond donors (Lipinski definition) is 2. The highest BCUT2D eigenvalue weighted by atomic mass is 32.2. The van der Waals surface area contributed by atoms with E-state index in [9.17, 15) is 9.00 Å². The third kappa shape index (κ3) is 9.49. The summed E-state index contributed by atoms with van der Waals surface area (Å²) in [5.41, 5.74) is 0. The Bertz CT molecular complexity index is 174. The van der Waals surface area contributed by atoms with E-state index in [1.165, 1.54) is 0 Å². The molecule has 0 rings (SSSR count). The minimum Gasteiger partial charge on any atom is -0.355 e. The molecule has 0 radical (unpaired) electrons. The molecule has 2 N–H and O–H groups in total. The van der Waals surface area contributed by atoms with E-state index in [2.05, 4.69) is 10.6 Å². The molecule has 0 aliphatic carbocycles. The molecule has 0 heterocycles. The van der Waals surface area contributed by atoms with Crippen LogP contribution in [0.3, 0.4) is 0 Å². The molecule has 0 saturated heterocycles. The van der Waals surface area contributed by atoms with Gasteiger partial charge < -0.3 is 10.6 Å². The molecule has 0 bridgehead atoms. The van der Waals surface area contributed by atoms with Crippen molar-refractivity contribution in [2.75, 3.05) is 32.1 Å². The van der Waals surface area contributed by atoms with Crippen molar-refractivity contribution in [1.29, 1.82) is 0 Å². The van der Waals surface area contributed by atoms with Crippen molar-refractivity contribution in [2.45, 2.75) is 12.8 Å². The Labute approximate surface area is 81.9 Å². The van der Waals surface area contributed by atoms with Crippen LogP contribution in [0.5, 0.6) is 0 Å². The first-order valence-corrected chi connectivity index (χ1v) is 6.11. The molecule has 78 valence electrons. The van der Waals surface area contributed by atoms with Gasteiger partial charge in [-0.3, -0.25) is 9.00 Å². The van der Waals surface area contributed by atoms with Gasteiger partial charge in [-0.15, -0.1) is 0 Å². The Morgan fingerprint density at radius 1 is 1.38 bits per heavy atom. The second-order valence-electron chi connectivity index (χ2n) is 2.83. The van der Waals surface area contributed by atoms with Crippen LogP contribution in [-0.4, -0.2) is 42.3 Å². The number of hydrogen-bond acceptors (Lipinski definition) is 3. The molecule has 13 heavy (non-hydrogen) atoms. The van der Waals surface area contributed by atoms with Gasteiger partial charge >= 0.3 is 0 Å². The summed E-state index contributed by atoms with van der Waals surface area (Å²) in [7, 11) is 1.04. The Hall–Kier alpha value is -0.420. The normalized spacial score (nSPS) is 12.5. The van der Waals surface area contributed by atoms with Gasteiger partial charge in [0.05, 0.1) is 0 Å². The zero-order valence-corrected chi connectivity index (χ0v) is 9.08. The molecular weight excluding hydrogens is 188 g/mol. The van der Waals surface area contributed by atoms with Gasteiger partial charge in [0.15, 0.2) is 0 Å². The van der Waals surface area contributed by atoms with E-state index in [1.54, 1.807) is 6.26 Å². The maximum Gasteiger partial charge on any atom is 0.220 e. The summed E-state index contributed by atoms with van der Waals surface area (Å²) in [5, 5.41) is 5.68. The standard InChI is InChI=1S/C8H18N2O2S/c1-9-5-3-4-8(11)10-6-7-13(2)12/h9H,3-7H2,1-2H3,(H,10,11). The van der Waals surface area contributed by atoms with Crippen LogP contribution < -0.4 is 10.6 Å². The topological polar surface area (TPSA) is 58.2 Å². The maximum absolute atomic E-state index is 11.1.